The summed E-state index contributed by atoms with van der Waals surface area (Å²) in [6.07, 6.45) is 3.07. The number of ketones is 1. The van der Waals surface area contributed by atoms with Crippen LogP contribution >= 0.6 is 0 Å². The summed E-state index contributed by atoms with van der Waals surface area (Å²) >= 11 is 0. The van der Waals surface area contributed by atoms with Gasteiger partial charge in [-0.25, -0.2) is 0 Å². The number of benzene rings is 2. The average molecular weight is 582 g/mol. The van der Waals surface area contributed by atoms with E-state index in [-0.39, 0.29) is 35.9 Å². The molecular weight excluding hydrogens is 546 g/mol. The number of nitrogens with zero attached hydrogens (tertiary/aromatic N) is 4. The van der Waals surface area contributed by atoms with Gasteiger partial charge in [-0.1, -0.05) is 24.3 Å². The van der Waals surface area contributed by atoms with Gasteiger partial charge in [0.05, 0.1) is 12.3 Å². The quantitative estimate of drug-likeness (QED) is 0.243. The van der Waals surface area contributed by atoms with E-state index >= 15 is 0 Å². The highest BCUT2D eigenvalue weighted by Crippen LogP contribution is 2.34. The maximum atomic E-state index is 13.3. The van der Waals surface area contributed by atoms with Crippen LogP contribution in [-0.2, 0) is 13.1 Å². The molecule has 222 valence electrons. The summed E-state index contributed by atoms with van der Waals surface area (Å²) in [6, 6.07) is 14.9. The van der Waals surface area contributed by atoms with E-state index < -0.39 is 0 Å². The maximum Gasteiger partial charge on any atom is 0.276 e. The number of fused-ring (bicyclic) bond motifs is 2. The fourth-order valence-electron chi connectivity index (χ4n) is 5.98. The van der Waals surface area contributed by atoms with E-state index in [1.807, 2.05) is 61.0 Å². The molecule has 2 amide bonds. The molecule has 6 rings (SSSR count). The van der Waals surface area contributed by atoms with Crippen LogP contribution in [0.2, 0.25) is 0 Å². The van der Waals surface area contributed by atoms with Crippen molar-refractivity contribution in [1.29, 1.82) is 0 Å². The van der Waals surface area contributed by atoms with E-state index in [0.717, 1.165) is 53.8 Å². The Bertz CT molecular complexity index is 1720. The van der Waals surface area contributed by atoms with Gasteiger partial charge in [-0.3, -0.25) is 23.7 Å². The number of aromatic nitrogens is 4. The smallest absolute Gasteiger partial charge is 0.276 e. The molecule has 1 atom stereocenters. The van der Waals surface area contributed by atoms with Crippen molar-refractivity contribution < 1.29 is 19.5 Å². The largest absolute Gasteiger partial charge is 0.395 e. The van der Waals surface area contributed by atoms with E-state index in [9.17, 15) is 19.5 Å². The summed E-state index contributed by atoms with van der Waals surface area (Å²) in [5.74, 6) is -0.656. The van der Waals surface area contributed by atoms with Crippen LogP contribution in [0.5, 0.6) is 0 Å². The number of nitrogens with one attached hydrogen (secondary N) is 3. The number of anilines is 2. The zero-order valence-electron chi connectivity index (χ0n) is 24.3. The fraction of sp³-hybridized carbons (Fsp3) is 0.344. The van der Waals surface area contributed by atoms with Crippen LogP contribution < -0.4 is 16.0 Å². The lowest BCUT2D eigenvalue weighted by Crippen LogP contribution is -2.29. The van der Waals surface area contributed by atoms with Crippen LogP contribution in [-0.4, -0.2) is 55.4 Å². The van der Waals surface area contributed by atoms with Gasteiger partial charge in [-0.05, 0) is 73.6 Å². The number of aliphatic hydroxyl groups excluding tert-OH is 1. The van der Waals surface area contributed by atoms with E-state index in [2.05, 4.69) is 26.1 Å². The first-order valence-corrected chi connectivity index (χ1v) is 14.7. The highest BCUT2D eigenvalue weighted by molar-refractivity contribution is 6.06. The van der Waals surface area contributed by atoms with Crippen molar-refractivity contribution in [2.45, 2.75) is 58.7 Å². The number of aryl methyl sites for hydroxylation is 2. The molecule has 0 spiro atoms. The lowest BCUT2D eigenvalue weighted by atomic mass is 9.94. The molecule has 11 nitrogen and oxygen atoms in total. The molecule has 4 N–H and O–H groups in total. The molecule has 2 aliphatic heterocycles. The molecule has 2 aromatic carbocycles. The predicted molar refractivity (Wildman–Crippen MR) is 162 cm³/mol. The van der Waals surface area contributed by atoms with Crippen LogP contribution in [0.25, 0.3) is 11.1 Å². The summed E-state index contributed by atoms with van der Waals surface area (Å²) in [5, 5.41) is 27.4. The van der Waals surface area contributed by atoms with Crippen molar-refractivity contribution in [3.63, 3.8) is 0 Å². The lowest BCUT2D eigenvalue weighted by Gasteiger charge is -2.24. The normalized spacial score (nSPS) is 16.0. The predicted octanol–water partition coefficient (Wildman–Crippen LogP) is 4.26. The zero-order valence-corrected chi connectivity index (χ0v) is 24.3. The Labute approximate surface area is 249 Å². The van der Waals surface area contributed by atoms with Gasteiger partial charge in [-0.2, -0.15) is 10.2 Å². The first-order valence-electron chi connectivity index (χ1n) is 14.7. The lowest BCUT2D eigenvalue weighted by molar-refractivity contribution is 0.0949. The number of Topliss-reactive ketones (excluding diaryl/α,β-unsaturated/α-hetero) is 1. The number of aliphatic hydroxyl groups is 1. The standard InChI is InChI=1S/C32H35N7O4/c1-19-21(7-3-9-23(19)34-31(42)26-17-28-25(33-13-16-40)11-5-14-38(28)36-26)22-8-4-10-24(20(22)2)35-32(43)27-18-29-30(41)12-6-15-39(29)37-27/h3-4,7-10,17-18,25,33,40H,5-6,11-16H2,1-2H3,(H,34,42)(H,35,43). The Hall–Kier alpha value is -4.61. The summed E-state index contributed by atoms with van der Waals surface area (Å²) < 4.78 is 3.48. The van der Waals surface area contributed by atoms with Gasteiger partial charge in [0.15, 0.2) is 17.2 Å². The van der Waals surface area contributed by atoms with E-state index in [0.29, 0.717) is 42.3 Å². The minimum Gasteiger partial charge on any atom is -0.395 e. The van der Waals surface area contributed by atoms with Crippen LogP contribution in [0.15, 0.2) is 48.5 Å². The van der Waals surface area contributed by atoms with Crippen LogP contribution in [0.3, 0.4) is 0 Å². The second-order valence-electron chi connectivity index (χ2n) is 11.1. The SMILES string of the molecule is Cc1c(NC(=O)c2cc3n(n2)CCCC3=O)cccc1-c1cccc(NC(=O)c2cc3n(n2)CCCC3NCCO)c1C. The van der Waals surface area contributed by atoms with Gasteiger partial charge >= 0.3 is 0 Å². The Morgan fingerprint density at radius 3 is 2.12 bits per heavy atom. The first kappa shape index (κ1) is 28.5. The molecule has 0 bridgehead atoms. The molecule has 0 saturated heterocycles. The van der Waals surface area contributed by atoms with Crippen molar-refractivity contribution in [3.8, 4) is 11.1 Å². The third-order valence-electron chi connectivity index (χ3n) is 8.29. The molecule has 2 aromatic heterocycles. The van der Waals surface area contributed by atoms with Gasteiger partial charge in [0.2, 0.25) is 0 Å². The molecule has 43 heavy (non-hydrogen) atoms. The summed E-state index contributed by atoms with van der Waals surface area (Å²) in [5.41, 5.74) is 6.89. The first-order chi connectivity index (χ1) is 20.8. The molecule has 0 saturated carbocycles. The minimum atomic E-state index is -0.371. The van der Waals surface area contributed by atoms with E-state index in [1.165, 1.54) is 0 Å². The topological polar surface area (TPSA) is 143 Å². The number of carbonyl (C=O) groups is 3. The molecule has 0 radical (unpaired) electrons. The molecule has 4 aromatic rings. The summed E-state index contributed by atoms with van der Waals surface area (Å²) in [6.45, 7) is 5.81. The third-order valence-corrected chi connectivity index (χ3v) is 8.29. The Morgan fingerprint density at radius 1 is 0.884 bits per heavy atom. The zero-order chi connectivity index (χ0) is 30.1. The number of amides is 2. The molecular formula is C32H35N7O4. The van der Waals surface area contributed by atoms with Crippen molar-refractivity contribution in [1.82, 2.24) is 24.9 Å². The van der Waals surface area contributed by atoms with Crippen molar-refractivity contribution in [3.05, 3.63) is 82.4 Å². The van der Waals surface area contributed by atoms with Gasteiger partial charge < -0.3 is 21.1 Å². The van der Waals surface area contributed by atoms with E-state index in [4.69, 9.17) is 0 Å². The van der Waals surface area contributed by atoms with Crippen LogP contribution in [0.1, 0.15) is 80.0 Å². The second kappa shape index (κ2) is 11.9. The maximum absolute atomic E-state index is 13.3. The minimum absolute atomic E-state index is 0.00480. The molecule has 11 heteroatoms. The number of carbonyl (C=O) groups excluding carboxylic acids is 3. The average Bonchev–Trinajstić information content (AvgIpc) is 3.65. The van der Waals surface area contributed by atoms with Gasteiger partial charge in [0, 0.05) is 49.5 Å². The molecule has 0 aliphatic carbocycles. The number of hydrogen-bond donors (Lipinski definition) is 4. The van der Waals surface area contributed by atoms with Gasteiger partial charge in [-0.15, -0.1) is 0 Å². The summed E-state index contributed by atoms with van der Waals surface area (Å²) in [7, 11) is 0. The van der Waals surface area contributed by atoms with Crippen molar-refractivity contribution in [2.75, 3.05) is 23.8 Å². The Kier molecular flexibility index (Phi) is 7.92. The Balaban J connectivity index is 1.21. The van der Waals surface area contributed by atoms with Crippen LogP contribution in [0, 0.1) is 13.8 Å². The molecule has 0 fully saturated rings. The van der Waals surface area contributed by atoms with E-state index in [1.54, 1.807) is 10.7 Å². The molecule has 1 unspecified atom stereocenters. The number of rotatable bonds is 8. The van der Waals surface area contributed by atoms with Crippen molar-refractivity contribution in [2.24, 2.45) is 0 Å². The third kappa shape index (κ3) is 5.61. The molecule has 4 heterocycles. The van der Waals surface area contributed by atoms with Crippen LogP contribution in [0.4, 0.5) is 11.4 Å². The highest BCUT2D eigenvalue weighted by Gasteiger charge is 2.25. The monoisotopic (exact) mass is 581 g/mol. The number of hydrogen-bond acceptors (Lipinski definition) is 7. The van der Waals surface area contributed by atoms with Gasteiger partial charge in [0.1, 0.15) is 5.69 Å². The van der Waals surface area contributed by atoms with Crippen molar-refractivity contribution >= 4 is 29.0 Å². The van der Waals surface area contributed by atoms with Gasteiger partial charge in [0.25, 0.3) is 11.8 Å². The highest BCUT2D eigenvalue weighted by atomic mass is 16.3. The fourth-order valence-corrected chi connectivity index (χ4v) is 5.98. The summed E-state index contributed by atoms with van der Waals surface area (Å²) in [4.78, 5) is 38.6. The second-order valence-corrected chi connectivity index (χ2v) is 11.1. The molecule has 2 aliphatic rings. The Morgan fingerprint density at radius 2 is 1.49 bits per heavy atom.